The number of ether oxygens (including phenoxy) is 1. The fraction of sp³-hybridized carbons (Fsp3) is 0.900. The van der Waals surface area contributed by atoms with Crippen LogP contribution < -0.4 is 0 Å². The van der Waals surface area contributed by atoms with Crippen molar-refractivity contribution in [3.05, 3.63) is 0 Å². The minimum absolute atomic E-state index is 0.293. The van der Waals surface area contributed by atoms with Gasteiger partial charge in [-0.15, -0.1) is 0 Å². The van der Waals surface area contributed by atoms with Gasteiger partial charge >= 0.3 is 0 Å². The first-order valence-corrected chi connectivity index (χ1v) is 4.89. The summed E-state index contributed by atoms with van der Waals surface area (Å²) in [6.07, 6.45) is 5.20. The minimum Gasteiger partial charge on any atom is -0.381 e. The molecule has 2 nitrogen and oxygen atoms in total. The molecule has 2 fully saturated rings. The summed E-state index contributed by atoms with van der Waals surface area (Å²) < 4.78 is 5.13. The van der Waals surface area contributed by atoms with Crippen LogP contribution in [0.1, 0.15) is 25.7 Å². The summed E-state index contributed by atoms with van der Waals surface area (Å²) in [6, 6.07) is 2.47. The van der Waals surface area contributed by atoms with Gasteiger partial charge in [0.25, 0.3) is 0 Å². The lowest BCUT2D eigenvalue weighted by Gasteiger charge is -2.32. The Hall–Kier alpha value is -0.550. The van der Waals surface area contributed by atoms with E-state index < -0.39 is 0 Å². The SMILES string of the molecule is N#CC(C1CCCC1)C1COC1. The molecule has 0 N–H and O–H groups in total. The number of hydrogen-bond acceptors (Lipinski definition) is 2. The van der Waals surface area contributed by atoms with Crippen molar-refractivity contribution in [2.45, 2.75) is 25.7 Å². The predicted octanol–water partition coefficient (Wildman–Crippen LogP) is 1.96. The van der Waals surface area contributed by atoms with Gasteiger partial charge in [-0.1, -0.05) is 12.8 Å². The van der Waals surface area contributed by atoms with E-state index in [0.717, 1.165) is 13.2 Å². The van der Waals surface area contributed by atoms with Crippen LogP contribution in [0.5, 0.6) is 0 Å². The second kappa shape index (κ2) is 3.45. The van der Waals surface area contributed by atoms with Crippen molar-refractivity contribution < 1.29 is 4.74 Å². The first-order chi connectivity index (χ1) is 5.92. The summed E-state index contributed by atoms with van der Waals surface area (Å²) in [7, 11) is 0. The van der Waals surface area contributed by atoms with E-state index in [-0.39, 0.29) is 0 Å². The maximum Gasteiger partial charge on any atom is 0.0663 e. The monoisotopic (exact) mass is 165 g/mol. The molecule has 1 atom stereocenters. The van der Waals surface area contributed by atoms with Crippen LogP contribution in [0.25, 0.3) is 0 Å². The Labute approximate surface area is 73.5 Å². The molecule has 1 saturated heterocycles. The van der Waals surface area contributed by atoms with E-state index in [2.05, 4.69) is 6.07 Å². The van der Waals surface area contributed by atoms with Gasteiger partial charge in [-0.05, 0) is 18.8 Å². The van der Waals surface area contributed by atoms with Crippen LogP contribution in [-0.2, 0) is 4.74 Å². The molecule has 1 aliphatic carbocycles. The van der Waals surface area contributed by atoms with Gasteiger partial charge in [0.15, 0.2) is 0 Å². The summed E-state index contributed by atoms with van der Waals surface area (Å²) in [5, 5.41) is 9.02. The molecule has 0 aromatic carbocycles. The molecule has 0 aromatic rings. The van der Waals surface area contributed by atoms with Gasteiger partial charge in [0.1, 0.15) is 0 Å². The van der Waals surface area contributed by atoms with Crippen molar-refractivity contribution in [3.8, 4) is 6.07 Å². The quantitative estimate of drug-likeness (QED) is 0.626. The van der Waals surface area contributed by atoms with Gasteiger partial charge in [-0.2, -0.15) is 5.26 Å². The lowest BCUT2D eigenvalue weighted by molar-refractivity contribution is -0.0597. The summed E-state index contributed by atoms with van der Waals surface area (Å²) in [5.74, 6) is 1.53. The van der Waals surface area contributed by atoms with E-state index in [9.17, 15) is 0 Å². The minimum atomic E-state index is 0.293. The summed E-state index contributed by atoms with van der Waals surface area (Å²) in [4.78, 5) is 0. The summed E-state index contributed by atoms with van der Waals surface area (Å²) >= 11 is 0. The first-order valence-electron chi connectivity index (χ1n) is 4.89. The molecule has 2 rings (SSSR count). The molecule has 2 aliphatic rings. The van der Waals surface area contributed by atoms with Crippen LogP contribution in [0.15, 0.2) is 0 Å². The zero-order chi connectivity index (χ0) is 8.39. The van der Waals surface area contributed by atoms with Crippen LogP contribution in [-0.4, -0.2) is 13.2 Å². The van der Waals surface area contributed by atoms with E-state index in [1.807, 2.05) is 0 Å². The predicted molar refractivity (Wildman–Crippen MR) is 45.4 cm³/mol. The molecule has 1 unspecified atom stereocenters. The zero-order valence-electron chi connectivity index (χ0n) is 7.33. The Morgan fingerprint density at radius 2 is 1.83 bits per heavy atom. The molecular formula is C10H15NO. The van der Waals surface area contributed by atoms with Crippen LogP contribution in [0.4, 0.5) is 0 Å². The highest BCUT2D eigenvalue weighted by atomic mass is 16.5. The topological polar surface area (TPSA) is 33.0 Å². The average molecular weight is 165 g/mol. The van der Waals surface area contributed by atoms with E-state index in [0.29, 0.717) is 17.8 Å². The highest BCUT2D eigenvalue weighted by Crippen LogP contribution is 2.37. The maximum absolute atomic E-state index is 9.02. The molecule has 1 aliphatic heterocycles. The van der Waals surface area contributed by atoms with Crippen LogP contribution >= 0.6 is 0 Å². The Balaban J connectivity index is 1.92. The molecule has 2 heteroatoms. The van der Waals surface area contributed by atoms with Crippen molar-refractivity contribution in [3.63, 3.8) is 0 Å². The van der Waals surface area contributed by atoms with Crippen LogP contribution in [0, 0.1) is 29.1 Å². The molecule has 12 heavy (non-hydrogen) atoms. The third-order valence-electron chi connectivity index (χ3n) is 3.23. The Kier molecular flexibility index (Phi) is 2.32. The Morgan fingerprint density at radius 1 is 1.17 bits per heavy atom. The van der Waals surface area contributed by atoms with Crippen molar-refractivity contribution in [1.29, 1.82) is 5.26 Å². The van der Waals surface area contributed by atoms with Gasteiger partial charge in [0.2, 0.25) is 0 Å². The van der Waals surface area contributed by atoms with Gasteiger partial charge in [-0.25, -0.2) is 0 Å². The highest BCUT2D eigenvalue weighted by Gasteiger charge is 2.35. The molecule has 0 amide bonds. The van der Waals surface area contributed by atoms with Crippen molar-refractivity contribution >= 4 is 0 Å². The van der Waals surface area contributed by atoms with E-state index in [1.54, 1.807) is 0 Å². The molecule has 1 heterocycles. The van der Waals surface area contributed by atoms with Gasteiger partial charge < -0.3 is 4.74 Å². The number of nitriles is 1. The highest BCUT2D eigenvalue weighted by molar-refractivity contribution is 4.96. The largest absolute Gasteiger partial charge is 0.381 e. The average Bonchev–Trinajstić information content (AvgIpc) is 2.47. The lowest BCUT2D eigenvalue weighted by Crippen LogP contribution is -2.36. The summed E-state index contributed by atoms with van der Waals surface area (Å²) in [6.45, 7) is 1.66. The Morgan fingerprint density at radius 3 is 2.25 bits per heavy atom. The maximum atomic E-state index is 9.02. The molecule has 66 valence electrons. The van der Waals surface area contributed by atoms with Gasteiger partial charge in [0.05, 0.1) is 25.2 Å². The third-order valence-corrected chi connectivity index (χ3v) is 3.23. The second-order valence-corrected chi connectivity index (χ2v) is 4.00. The molecule has 0 spiro atoms. The lowest BCUT2D eigenvalue weighted by atomic mass is 9.80. The standard InChI is InChI=1S/C10H15NO/c11-5-10(9-6-12-7-9)8-3-1-2-4-8/h8-10H,1-4,6-7H2. The smallest absolute Gasteiger partial charge is 0.0663 e. The normalized spacial score (nSPS) is 27.9. The van der Waals surface area contributed by atoms with E-state index in [1.165, 1.54) is 25.7 Å². The third kappa shape index (κ3) is 1.34. The van der Waals surface area contributed by atoms with Crippen molar-refractivity contribution in [1.82, 2.24) is 0 Å². The Bertz CT molecular complexity index is 187. The first kappa shape index (κ1) is 8.07. The second-order valence-electron chi connectivity index (χ2n) is 4.00. The van der Waals surface area contributed by atoms with E-state index >= 15 is 0 Å². The van der Waals surface area contributed by atoms with E-state index in [4.69, 9.17) is 10.00 Å². The van der Waals surface area contributed by atoms with Crippen LogP contribution in [0.3, 0.4) is 0 Å². The number of rotatable bonds is 2. The zero-order valence-corrected chi connectivity index (χ0v) is 7.33. The molecule has 0 aromatic heterocycles. The summed E-state index contributed by atoms with van der Waals surface area (Å²) in [5.41, 5.74) is 0. The van der Waals surface area contributed by atoms with Crippen molar-refractivity contribution in [2.24, 2.45) is 17.8 Å². The molecular weight excluding hydrogens is 150 g/mol. The van der Waals surface area contributed by atoms with Crippen LogP contribution in [0.2, 0.25) is 0 Å². The molecule has 0 radical (unpaired) electrons. The number of nitrogens with zero attached hydrogens (tertiary/aromatic N) is 1. The fourth-order valence-electron chi connectivity index (χ4n) is 2.37. The molecule has 0 bridgehead atoms. The van der Waals surface area contributed by atoms with Crippen molar-refractivity contribution in [2.75, 3.05) is 13.2 Å². The fourth-order valence-corrected chi connectivity index (χ4v) is 2.37. The molecule has 1 saturated carbocycles. The van der Waals surface area contributed by atoms with Gasteiger partial charge in [0, 0.05) is 5.92 Å². The van der Waals surface area contributed by atoms with Gasteiger partial charge in [-0.3, -0.25) is 0 Å². The number of hydrogen-bond donors (Lipinski definition) is 0.